The van der Waals surface area contributed by atoms with E-state index in [2.05, 4.69) is 25.9 Å². The van der Waals surface area contributed by atoms with Crippen molar-refractivity contribution < 1.29 is 17.9 Å². The van der Waals surface area contributed by atoms with E-state index in [4.69, 9.17) is 10.1 Å². The minimum atomic E-state index is -4.56. The van der Waals surface area contributed by atoms with E-state index in [9.17, 15) is 13.2 Å². The summed E-state index contributed by atoms with van der Waals surface area (Å²) in [6.07, 6.45) is -2.76. The lowest BCUT2D eigenvalue weighted by molar-refractivity contribution is -0.137. The van der Waals surface area contributed by atoms with Crippen LogP contribution in [0.1, 0.15) is 11.1 Å². The maximum Gasteiger partial charge on any atom is 0.421 e. The standard InChI is InChI=1S/C15H17F3N6O/c1-20-12-8(6-19)10(4-5-11(12)25-3)23-14-22-7-9(15(16,17)18)13(21-2)24-14/h4-7,19-20H,1-3H3,(H2,21,22,23,24). The highest BCUT2D eigenvalue weighted by Crippen LogP contribution is 2.35. The normalized spacial score (nSPS) is 11.0. The Bertz CT molecular complexity index is 779. The molecule has 1 aromatic heterocycles. The molecule has 1 heterocycles. The average Bonchev–Trinajstić information content (AvgIpc) is 2.59. The fraction of sp³-hybridized carbons (Fsp3) is 0.267. The molecule has 0 radical (unpaired) electrons. The van der Waals surface area contributed by atoms with Gasteiger partial charge in [0.05, 0.1) is 18.5 Å². The zero-order chi connectivity index (χ0) is 18.6. The SMILES string of the molecule is CNc1nc(Nc2ccc(OC)c(NC)c2C=N)ncc1C(F)(F)F. The summed E-state index contributed by atoms with van der Waals surface area (Å²) in [5.74, 6) is 0.146. The summed E-state index contributed by atoms with van der Waals surface area (Å²) in [4.78, 5) is 7.56. The van der Waals surface area contributed by atoms with Gasteiger partial charge >= 0.3 is 6.18 Å². The molecule has 1 aromatic carbocycles. The summed E-state index contributed by atoms with van der Waals surface area (Å²) < 4.78 is 43.9. The van der Waals surface area contributed by atoms with Crippen molar-refractivity contribution in [2.24, 2.45) is 0 Å². The van der Waals surface area contributed by atoms with Gasteiger partial charge in [0.15, 0.2) is 0 Å². The minimum Gasteiger partial charge on any atom is -0.495 e. The number of halogens is 3. The molecule has 0 amide bonds. The number of nitrogens with zero attached hydrogens (tertiary/aromatic N) is 2. The molecule has 25 heavy (non-hydrogen) atoms. The van der Waals surface area contributed by atoms with Gasteiger partial charge < -0.3 is 26.1 Å². The Morgan fingerprint density at radius 3 is 2.44 bits per heavy atom. The molecule has 0 fully saturated rings. The van der Waals surface area contributed by atoms with Gasteiger partial charge in [0.25, 0.3) is 0 Å². The zero-order valence-electron chi connectivity index (χ0n) is 13.7. The number of aromatic nitrogens is 2. The summed E-state index contributed by atoms with van der Waals surface area (Å²) >= 11 is 0. The van der Waals surface area contributed by atoms with Crippen LogP contribution in [0, 0.1) is 5.41 Å². The lowest BCUT2D eigenvalue weighted by Crippen LogP contribution is -2.13. The number of hydrogen-bond acceptors (Lipinski definition) is 7. The van der Waals surface area contributed by atoms with E-state index in [-0.39, 0.29) is 11.8 Å². The number of anilines is 4. The van der Waals surface area contributed by atoms with Gasteiger partial charge in [-0.15, -0.1) is 0 Å². The Kier molecular flexibility index (Phi) is 5.30. The van der Waals surface area contributed by atoms with E-state index in [1.165, 1.54) is 14.2 Å². The third-order valence-electron chi connectivity index (χ3n) is 3.40. The van der Waals surface area contributed by atoms with Crippen molar-refractivity contribution in [1.29, 1.82) is 5.41 Å². The van der Waals surface area contributed by atoms with Crippen molar-refractivity contribution in [2.45, 2.75) is 6.18 Å². The van der Waals surface area contributed by atoms with Crippen LogP contribution in [-0.4, -0.2) is 37.4 Å². The van der Waals surface area contributed by atoms with Crippen molar-refractivity contribution in [3.05, 3.63) is 29.5 Å². The van der Waals surface area contributed by atoms with Crippen molar-refractivity contribution in [1.82, 2.24) is 9.97 Å². The molecule has 0 atom stereocenters. The highest BCUT2D eigenvalue weighted by atomic mass is 19.4. The first-order valence-corrected chi connectivity index (χ1v) is 7.14. The molecule has 2 aromatic rings. The highest BCUT2D eigenvalue weighted by Gasteiger charge is 2.35. The predicted octanol–water partition coefficient (Wildman–Crippen LogP) is 3.33. The molecule has 0 aliphatic heterocycles. The smallest absolute Gasteiger partial charge is 0.421 e. The fourth-order valence-electron chi connectivity index (χ4n) is 2.25. The number of ether oxygens (including phenoxy) is 1. The minimum absolute atomic E-state index is 0.0346. The lowest BCUT2D eigenvalue weighted by Gasteiger charge is -2.16. The predicted molar refractivity (Wildman–Crippen MR) is 90.3 cm³/mol. The Morgan fingerprint density at radius 2 is 1.92 bits per heavy atom. The van der Waals surface area contributed by atoms with Crippen LogP contribution in [0.2, 0.25) is 0 Å². The molecule has 134 valence electrons. The number of benzene rings is 1. The number of nitrogens with one attached hydrogen (secondary N) is 4. The Labute approximate surface area is 142 Å². The van der Waals surface area contributed by atoms with Crippen molar-refractivity contribution >= 4 is 29.4 Å². The first kappa shape index (κ1) is 18.3. The van der Waals surface area contributed by atoms with Gasteiger partial charge in [0, 0.05) is 32.1 Å². The van der Waals surface area contributed by atoms with Crippen molar-refractivity contribution in [3.8, 4) is 5.75 Å². The van der Waals surface area contributed by atoms with Crippen molar-refractivity contribution in [3.63, 3.8) is 0 Å². The van der Waals surface area contributed by atoms with Gasteiger partial charge in [-0.2, -0.15) is 18.2 Å². The summed E-state index contributed by atoms with van der Waals surface area (Å²) in [5.41, 5.74) is 0.500. The molecule has 4 N–H and O–H groups in total. The van der Waals surface area contributed by atoms with Crippen LogP contribution in [0.3, 0.4) is 0 Å². The van der Waals surface area contributed by atoms with E-state index < -0.39 is 11.7 Å². The molecule has 0 saturated heterocycles. The van der Waals surface area contributed by atoms with Gasteiger partial charge in [0.2, 0.25) is 5.95 Å². The second kappa shape index (κ2) is 7.24. The molecule has 10 heteroatoms. The zero-order valence-corrected chi connectivity index (χ0v) is 13.7. The van der Waals surface area contributed by atoms with Crippen LogP contribution in [0.5, 0.6) is 5.75 Å². The Balaban J connectivity index is 2.45. The largest absolute Gasteiger partial charge is 0.495 e. The van der Waals surface area contributed by atoms with Gasteiger partial charge in [-0.3, -0.25) is 0 Å². The first-order valence-electron chi connectivity index (χ1n) is 7.14. The summed E-state index contributed by atoms with van der Waals surface area (Å²) in [6, 6.07) is 3.28. The molecule has 0 aliphatic carbocycles. The maximum absolute atomic E-state index is 12.9. The molecule has 2 rings (SSSR count). The van der Waals surface area contributed by atoms with E-state index in [0.717, 1.165) is 6.21 Å². The third kappa shape index (κ3) is 3.73. The van der Waals surface area contributed by atoms with Crippen LogP contribution in [0.25, 0.3) is 0 Å². The monoisotopic (exact) mass is 354 g/mol. The molecule has 0 bridgehead atoms. The molecular formula is C15H17F3N6O. The van der Waals surface area contributed by atoms with Crippen LogP contribution in [-0.2, 0) is 6.18 Å². The third-order valence-corrected chi connectivity index (χ3v) is 3.40. The molecule has 0 aliphatic rings. The summed E-state index contributed by atoms with van der Waals surface area (Å²) in [6.45, 7) is 0. The molecule has 7 nitrogen and oxygen atoms in total. The van der Waals surface area contributed by atoms with E-state index >= 15 is 0 Å². The summed E-state index contributed by atoms with van der Waals surface area (Å²) in [5, 5.41) is 15.8. The Morgan fingerprint density at radius 1 is 1.20 bits per heavy atom. The highest BCUT2D eigenvalue weighted by molar-refractivity contribution is 5.96. The molecular weight excluding hydrogens is 337 g/mol. The molecule has 0 spiro atoms. The van der Waals surface area contributed by atoms with Crippen LogP contribution in [0.15, 0.2) is 18.3 Å². The average molecular weight is 354 g/mol. The topological polar surface area (TPSA) is 95.0 Å². The van der Waals surface area contributed by atoms with Crippen LogP contribution in [0.4, 0.5) is 36.3 Å². The number of alkyl halides is 3. The van der Waals surface area contributed by atoms with Gasteiger partial charge in [0.1, 0.15) is 17.1 Å². The number of hydrogen-bond donors (Lipinski definition) is 4. The molecule has 0 unspecified atom stereocenters. The van der Waals surface area contributed by atoms with Gasteiger partial charge in [-0.1, -0.05) is 0 Å². The lowest BCUT2D eigenvalue weighted by atomic mass is 10.1. The second-order valence-corrected chi connectivity index (χ2v) is 4.83. The van der Waals surface area contributed by atoms with Gasteiger partial charge in [-0.25, -0.2) is 4.98 Å². The maximum atomic E-state index is 12.9. The first-order chi connectivity index (χ1) is 11.8. The second-order valence-electron chi connectivity index (χ2n) is 4.83. The van der Waals surface area contributed by atoms with E-state index in [0.29, 0.717) is 28.9 Å². The Hall–Kier alpha value is -3.04. The van der Waals surface area contributed by atoms with Crippen molar-refractivity contribution in [2.75, 3.05) is 37.2 Å². The fourth-order valence-corrected chi connectivity index (χ4v) is 2.25. The number of rotatable bonds is 6. The van der Waals surface area contributed by atoms with Crippen LogP contribution >= 0.6 is 0 Å². The van der Waals surface area contributed by atoms with E-state index in [1.54, 1.807) is 19.2 Å². The molecule has 0 saturated carbocycles. The van der Waals surface area contributed by atoms with Crippen LogP contribution < -0.4 is 20.7 Å². The van der Waals surface area contributed by atoms with E-state index in [1.807, 2.05) is 0 Å². The summed E-state index contributed by atoms with van der Waals surface area (Å²) in [7, 11) is 4.51. The quantitative estimate of drug-likeness (QED) is 0.595. The number of methoxy groups -OCH3 is 1. The van der Waals surface area contributed by atoms with Gasteiger partial charge in [-0.05, 0) is 12.1 Å².